The molecule has 31 heavy (non-hydrogen) atoms. The van der Waals surface area contributed by atoms with Gasteiger partial charge in [0.05, 0.1) is 11.3 Å². The number of nitrogens with zero attached hydrogens (tertiary/aromatic N) is 1. The van der Waals surface area contributed by atoms with E-state index in [2.05, 4.69) is 36.4 Å². The fraction of sp³-hybridized carbons (Fsp3) is 0.286. The van der Waals surface area contributed by atoms with Crippen molar-refractivity contribution in [3.8, 4) is 0 Å². The maximum absolute atomic E-state index is 13.1. The molecule has 0 saturated heterocycles. The van der Waals surface area contributed by atoms with Gasteiger partial charge in [0.15, 0.2) is 5.78 Å². The Morgan fingerprint density at radius 2 is 1.65 bits per heavy atom. The van der Waals surface area contributed by atoms with Crippen molar-refractivity contribution >= 4 is 22.3 Å². The molecule has 1 aliphatic carbocycles. The molecular formula is C28H29NO2. The van der Waals surface area contributed by atoms with Crippen LogP contribution in [0.2, 0.25) is 0 Å². The van der Waals surface area contributed by atoms with E-state index in [0.717, 1.165) is 22.8 Å². The van der Waals surface area contributed by atoms with Gasteiger partial charge in [-0.15, -0.1) is 0 Å². The number of aliphatic hydroxyl groups is 1. The van der Waals surface area contributed by atoms with Gasteiger partial charge in [-0.1, -0.05) is 86.6 Å². The number of aliphatic hydroxyl groups excluding tert-OH is 1. The summed E-state index contributed by atoms with van der Waals surface area (Å²) in [6.45, 7) is 4.63. The van der Waals surface area contributed by atoms with Crippen molar-refractivity contribution in [1.29, 1.82) is 0 Å². The van der Waals surface area contributed by atoms with Crippen molar-refractivity contribution in [2.45, 2.75) is 39.5 Å². The number of carbonyl (C=O) groups is 1. The number of aliphatic imine (C=N–C) groups is 1. The Kier molecular flexibility index (Phi) is 6.03. The monoisotopic (exact) mass is 411 g/mol. The van der Waals surface area contributed by atoms with Crippen molar-refractivity contribution in [3.05, 3.63) is 95.3 Å². The van der Waals surface area contributed by atoms with Crippen LogP contribution in [0.1, 0.15) is 37.8 Å². The van der Waals surface area contributed by atoms with Crippen LogP contribution in [0.5, 0.6) is 0 Å². The highest BCUT2D eigenvalue weighted by molar-refractivity contribution is 6.24. The lowest BCUT2D eigenvalue weighted by Gasteiger charge is -2.30. The lowest BCUT2D eigenvalue weighted by molar-refractivity contribution is -0.117. The summed E-state index contributed by atoms with van der Waals surface area (Å²) < 4.78 is 0. The second-order valence-corrected chi connectivity index (χ2v) is 9.14. The predicted molar refractivity (Wildman–Crippen MR) is 128 cm³/mol. The van der Waals surface area contributed by atoms with Crippen molar-refractivity contribution in [2.75, 3.05) is 6.54 Å². The Morgan fingerprint density at radius 3 is 2.42 bits per heavy atom. The second-order valence-electron chi connectivity index (χ2n) is 9.14. The normalized spacial score (nSPS) is 16.7. The van der Waals surface area contributed by atoms with Gasteiger partial charge in [-0.05, 0) is 33.7 Å². The quantitative estimate of drug-likeness (QED) is 0.486. The Bertz CT molecular complexity index is 1150. The van der Waals surface area contributed by atoms with E-state index in [-0.39, 0.29) is 17.0 Å². The Morgan fingerprint density at radius 1 is 0.935 bits per heavy atom. The van der Waals surface area contributed by atoms with E-state index in [1.165, 1.54) is 5.56 Å². The van der Waals surface area contributed by atoms with Crippen molar-refractivity contribution in [3.63, 3.8) is 0 Å². The summed E-state index contributed by atoms with van der Waals surface area (Å²) in [6, 6.07) is 24.7. The number of carbonyl (C=O) groups excluding carboxylic acids is 1. The summed E-state index contributed by atoms with van der Waals surface area (Å²) in [5.74, 6) is 0.174. The van der Waals surface area contributed by atoms with E-state index in [0.29, 0.717) is 37.1 Å². The fourth-order valence-electron chi connectivity index (χ4n) is 4.43. The number of ketones is 1. The highest BCUT2D eigenvalue weighted by Gasteiger charge is 2.35. The lowest BCUT2D eigenvalue weighted by Crippen LogP contribution is -2.30. The van der Waals surface area contributed by atoms with Gasteiger partial charge in [0.2, 0.25) is 0 Å². The molecule has 0 saturated carbocycles. The molecule has 3 heteroatoms. The van der Waals surface area contributed by atoms with Gasteiger partial charge in [-0.25, -0.2) is 0 Å². The summed E-state index contributed by atoms with van der Waals surface area (Å²) in [7, 11) is 0. The molecule has 0 heterocycles. The van der Waals surface area contributed by atoms with Gasteiger partial charge in [0.25, 0.3) is 0 Å². The van der Waals surface area contributed by atoms with E-state index < -0.39 is 0 Å². The van der Waals surface area contributed by atoms with E-state index in [1.54, 1.807) is 0 Å². The Hall–Kier alpha value is -3.20. The minimum Gasteiger partial charge on any atom is -0.511 e. The molecular weight excluding hydrogens is 382 g/mol. The first-order chi connectivity index (χ1) is 14.9. The third-order valence-corrected chi connectivity index (χ3v) is 5.92. The zero-order chi connectivity index (χ0) is 21.8. The number of allylic oxidation sites excluding steroid dienone is 2. The third-order valence-electron chi connectivity index (χ3n) is 5.92. The number of rotatable bonds is 6. The molecule has 0 amide bonds. The van der Waals surface area contributed by atoms with Crippen LogP contribution >= 0.6 is 0 Å². The summed E-state index contributed by atoms with van der Waals surface area (Å²) in [6.07, 6.45) is 2.26. The molecule has 0 aromatic heterocycles. The molecule has 0 spiro atoms. The molecule has 0 aliphatic heterocycles. The van der Waals surface area contributed by atoms with Gasteiger partial charge in [0, 0.05) is 25.8 Å². The molecule has 1 aliphatic rings. The van der Waals surface area contributed by atoms with E-state index in [9.17, 15) is 9.90 Å². The number of hydrogen-bond donors (Lipinski definition) is 1. The van der Waals surface area contributed by atoms with Gasteiger partial charge in [0.1, 0.15) is 5.76 Å². The van der Waals surface area contributed by atoms with Gasteiger partial charge >= 0.3 is 0 Å². The van der Waals surface area contributed by atoms with Gasteiger partial charge in [-0.3, -0.25) is 9.79 Å². The molecule has 0 fully saturated rings. The van der Waals surface area contributed by atoms with Gasteiger partial charge in [-0.2, -0.15) is 0 Å². The molecule has 3 aromatic rings. The predicted octanol–water partition coefficient (Wildman–Crippen LogP) is 6.27. The van der Waals surface area contributed by atoms with Crippen LogP contribution in [0.4, 0.5) is 0 Å². The van der Waals surface area contributed by atoms with Crippen LogP contribution in [-0.2, 0) is 17.6 Å². The van der Waals surface area contributed by atoms with Crippen LogP contribution in [0.15, 0.2) is 89.1 Å². The van der Waals surface area contributed by atoms with Crippen LogP contribution in [0.25, 0.3) is 10.8 Å². The smallest absolute Gasteiger partial charge is 0.168 e. The van der Waals surface area contributed by atoms with E-state index in [1.807, 2.05) is 50.2 Å². The Labute approximate surface area is 184 Å². The van der Waals surface area contributed by atoms with Crippen LogP contribution < -0.4 is 0 Å². The minimum atomic E-state index is -0.223. The molecule has 3 aromatic carbocycles. The minimum absolute atomic E-state index is 0.00699. The van der Waals surface area contributed by atoms with E-state index in [4.69, 9.17) is 4.99 Å². The standard InChI is InChI=1S/C28H29NO2/c1-28(2)18-25(30)27(26(31)19-28)24(29-16-15-20-9-4-3-5-10-20)17-22-13-8-12-21-11-6-7-14-23(21)22/h3-14,30H,15-19H2,1-2H3. The van der Waals surface area contributed by atoms with Crippen molar-refractivity contribution in [1.82, 2.24) is 0 Å². The third kappa shape index (κ3) is 4.93. The fourth-order valence-corrected chi connectivity index (χ4v) is 4.43. The molecule has 0 unspecified atom stereocenters. The summed E-state index contributed by atoms with van der Waals surface area (Å²) in [4.78, 5) is 17.9. The number of benzene rings is 3. The van der Waals surface area contributed by atoms with Gasteiger partial charge < -0.3 is 5.11 Å². The molecule has 0 radical (unpaired) electrons. The summed E-state index contributed by atoms with van der Waals surface area (Å²) in [5, 5.41) is 13.2. The second kappa shape index (κ2) is 8.89. The van der Waals surface area contributed by atoms with Crippen LogP contribution in [0, 0.1) is 5.41 Å². The zero-order valence-corrected chi connectivity index (χ0v) is 18.3. The first-order valence-corrected chi connectivity index (χ1v) is 10.9. The first-order valence-electron chi connectivity index (χ1n) is 10.9. The molecule has 158 valence electrons. The number of fused-ring (bicyclic) bond motifs is 1. The molecule has 0 bridgehead atoms. The lowest BCUT2D eigenvalue weighted by atomic mass is 9.75. The van der Waals surface area contributed by atoms with Crippen LogP contribution in [-0.4, -0.2) is 23.1 Å². The molecule has 4 rings (SSSR count). The number of hydrogen-bond acceptors (Lipinski definition) is 3. The topological polar surface area (TPSA) is 49.7 Å². The highest BCUT2D eigenvalue weighted by atomic mass is 16.3. The molecule has 0 atom stereocenters. The molecule has 3 nitrogen and oxygen atoms in total. The first kappa shape index (κ1) is 21.0. The van der Waals surface area contributed by atoms with Crippen molar-refractivity contribution in [2.24, 2.45) is 10.4 Å². The summed E-state index contributed by atoms with van der Waals surface area (Å²) in [5.41, 5.74) is 3.24. The maximum Gasteiger partial charge on any atom is 0.168 e. The zero-order valence-electron chi connectivity index (χ0n) is 18.3. The Balaban J connectivity index is 1.70. The molecule has 1 N–H and O–H groups in total. The average molecular weight is 412 g/mol. The van der Waals surface area contributed by atoms with E-state index >= 15 is 0 Å². The maximum atomic E-state index is 13.1. The highest BCUT2D eigenvalue weighted by Crippen LogP contribution is 2.36. The summed E-state index contributed by atoms with van der Waals surface area (Å²) >= 11 is 0. The van der Waals surface area contributed by atoms with Crippen molar-refractivity contribution < 1.29 is 9.90 Å². The average Bonchev–Trinajstić information content (AvgIpc) is 2.73. The van der Waals surface area contributed by atoms with Crippen LogP contribution in [0.3, 0.4) is 0 Å². The number of Topliss-reactive ketones (excluding diaryl/α,β-unsaturated/α-hetero) is 1. The largest absolute Gasteiger partial charge is 0.511 e. The SMILES string of the molecule is CC1(C)CC(=O)C(C(Cc2cccc3ccccc23)=NCCc2ccccc2)=C(O)C1.